The zero-order valence-corrected chi connectivity index (χ0v) is 17.7. The Labute approximate surface area is 166 Å². The van der Waals surface area contributed by atoms with E-state index < -0.39 is 14.6 Å². The van der Waals surface area contributed by atoms with Crippen molar-refractivity contribution in [1.82, 2.24) is 15.6 Å². The second-order valence-corrected chi connectivity index (χ2v) is 9.89. The van der Waals surface area contributed by atoms with E-state index in [1.165, 1.54) is 28.3 Å². The van der Waals surface area contributed by atoms with Crippen LogP contribution in [0, 0.1) is 6.92 Å². The van der Waals surface area contributed by atoms with Gasteiger partial charge in [-0.05, 0) is 37.3 Å². The molecule has 1 aliphatic rings. The van der Waals surface area contributed by atoms with Crippen LogP contribution in [0.1, 0.15) is 24.0 Å². The van der Waals surface area contributed by atoms with E-state index in [0.717, 1.165) is 6.42 Å². The number of aromatic nitrogens is 1. The zero-order chi connectivity index (χ0) is 20.2. The first-order valence-electron chi connectivity index (χ1n) is 9.64. The van der Waals surface area contributed by atoms with Crippen molar-refractivity contribution < 1.29 is 13.2 Å². The average molecular weight is 407 g/mol. The van der Waals surface area contributed by atoms with E-state index in [-0.39, 0.29) is 0 Å². The quantitative estimate of drug-likeness (QED) is 0.502. The monoisotopic (exact) mass is 406 g/mol. The SMILES string of the molecule is CN=C(NCCc1c[nH]c2c(C)cccc12)NCC1(S(C)(=O)=O)CCOCC1. The summed E-state index contributed by atoms with van der Waals surface area (Å²) in [6, 6.07) is 6.30. The molecule has 7 nitrogen and oxygen atoms in total. The normalized spacial score (nSPS) is 17.6. The number of benzene rings is 1. The van der Waals surface area contributed by atoms with Crippen LogP contribution in [0.4, 0.5) is 0 Å². The number of aliphatic imine (C=N–C) groups is 1. The molecule has 1 aromatic carbocycles. The van der Waals surface area contributed by atoms with E-state index in [9.17, 15) is 8.42 Å². The number of rotatable bonds is 6. The maximum absolute atomic E-state index is 12.4. The van der Waals surface area contributed by atoms with E-state index in [1.54, 1.807) is 7.05 Å². The second-order valence-electron chi connectivity index (χ2n) is 7.48. The van der Waals surface area contributed by atoms with Gasteiger partial charge in [-0.15, -0.1) is 0 Å². The minimum Gasteiger partial charge on any atom is -0.381 e. The Bertz CT molecular complexity index is 944. The molecular formula is C20H30N4O3S. The smallest absolute Gasteiger partial charge is 0.191 e. The number of hydrogen-bond acceptors (Lipinski definition) is 4. The standard InChI is InChI=1S/C20H30N4O3S/c1-15-5-4-6-17-16(13-23-18(15)17)7-10-22-19(21-2)24-14-20(28(3,25)26)8-11-27-12-9-20/h4-6,13,23H,7-12,14H2,1-3H3,(H2,21,22,24). The van der Waals surface area contributed by atoms with Crippen LogP contribution < -0.4 is 10.6 Å². The highest BCUT2D eigenvalue weighted by molar-refractivity contribution is 7.92. The van der Waals surface area contributed by atoms with Crippen LogP contribution >= 0.6 is 0 Å². The Morgan fingerprint density at radius 3 is 2.71 bits per heavy atom. The summed E-state index contributed by atoms with van der Waals surface area (Å²) < 4.78 is 29.3. The fraction of sp³-hybridized carbons (Fsp3) is 0.550. The third kappa shape index (κ3) is 4.33. The molecule has 1 fully saturated rings. The molecular weight excluding hydrogens is 376 g/mol. The van der Waals surface area contributed by atoms with Crippen molar-refractivity contribution in [2.45, 2.75) is 30.9 Å². The average Bonchev–Trinajstić information content (AvgIpc) is 3.09. The molecule has 1 saturated heterocycles. The summed E-state index contributed by atoms with van der Waals surface area (Å²) >= 11 is 0. The van der Waals surface area contributed by atoms with E-state index in [1.807, 2.05) is 0 Å². The molecule has 0 bridgehead atoms. The summed E-state index contributed by atoms with van der Waals surface area (Å²) in [5.74, 6) is 0.616. The van der Waals surface area contributed by atoms with E-state index in [4.69, 9.17) is 4.74 Å². The number of fused-ring (bicyclic) bond motifs is 1. The minimum absolute atomic E-state index is 0.334. The van der Waals surface area contributed by atoms with Gasteiger partial charge in [0.2, 0.25) is 0 Å². The largest absolute Gasteiger partial charge is 0.381 e. The van der Waals surface area contributed by atoms with Crippen LogP contribution in [0.5, 0.6) is 0 Å². The lowest BCUT2D eigenvalue weighted by molar-refractivity contribution is 0.0756. The number of ether oxygens (including phenoxy) is 1. The lowest BCUT2D eigenvalue weighted by Gasteiger charge is -2.35. The summed E-state index contributed by atoms with van der Waals surface area (Å²) in [6.07, 6.45) is 5.22. The molecule has 0 spiro atoms. The summed E-state index contributed by atoms with van der Waals surface area (Å²) in [5, 5.41) is 7.74. The third-order valence-corrected chi connectivity index (χ3v) is 7.81. The van der Waals surface area contributed by atoms with Gasteiger partial charge >= 0.3 is 0 Å². The fourth-order valence-electron chi connectivity index (χ4n) is 3.77. The molecule has 0 saturated carbocycles. The van der Waals surface area contributed by atoms with Gasteiger partial charge in [-0.2, -0.15) is 0 Å². The number of para-hydroxylation sites is 1. The molecule has 0 unspecified atom stereocenters. The number of H-pyrrole nitrogens is 1. The molecule has 8 heteroatoms. The second kappa shape index (κ2) is 8.53. The maximum Gasteiger partial charge on any atom is 0.191 e. The van der Waals surface area contributed by atoms with Gasteiger partial charge in [-0.1, -0.05) is 18.2 Å². The Morgan fingerprint density at radius 2 is 2.04 bits per heavy atom. The molecule has 1 aliphatic heterocycles. The van der Waals surface area contributed by atoms with Gasteiger partial charge in [0.1, 0.15) is 0 Å². The van der Waals surface area contributed by atoms with Gasteiger partial charge < -0.3 is 20.4 Å². The highest BCUT2D eigenvalue weighted by Gasteiger charge is 2.42. The molecule has 2 heterocycles. The van der Waals surface area contributed by atoms with Gasteiger partial charge in [0.05, 0.1) is 4.75 Å². The number of hydrogen-bond donors (Lipinski definition) is 3. The predicted molar refractivity (Wildman–Crippen MR) is 114 cm³/mol. The third-order valence-electron chi connectivity index (χ3n) is 5.69. The van der Waals surface area contributed by atoms with E-state index >= 15 is 0 Å². The van der Waals surface area contributed by atoms with Crippen LogP contribution in [0.2, 0.25) is 0 Å². The highest BCUT2D eigenvalue weighted by atomic mass is 32.2. The molecule has 0 amide bonds. The van der Waals surface area contributed by atoms with E-state index in [0.29, 0.717) is 45.1 Å². The molecule has 0 radical (unpaired) electrons. The fourth-order valence-corrected chi connectivity index (χ4v) is 5.02. The first-order chi connectivity index (χ1) is 13.4. The number of aromatic amines is 1. The molecule has 2 aromatic rings. The summed E-state index contributed by atoms with van der Waals surface area (Å²) in [5.41, 5.74) is 3.66. The minimum atomic E-state index is -3.21. The Balaban J connectivity index is 1.58. The maximum atomic E-state index is 12.4. The number of nitrogens with zero attached hydrogens (tertiary/aromatic N) is 1. The highest BCUT2D eigenvalue weighted by Crippen LogP contribution is 2.28. The van der Waals surface area contributed by atoms with Crippen molar-refractivity contribution in [3.05, 3.63) is 35.5 Å². The van der Waals surface area contributed by atoms with Gasteiger partial charge in [0, 0.05) is 56.7 Å². The number of sulfone groups is 1. The Morgan fingerprint density at radius 1 is 1.29 bits per heavy atom. The molecule has 1 aromatic heterocycles. The first-order valence-corrected chi connectivity index (χ1v) is 11.5. The zero-order valence-electron chi connectivity index (χ0n) is 16.8. The van der Waals surface area contributed by atoms with Crippen LogP contribution in [0.15, 0.2) is 29.4 Å². The van der Waals surface area contributed by atoms with Crippen molar-refractivity contribution in [2.24, 2.45) is 4.99 Å². The molecule has 0 atom stereocenters. The Hall–Kier alpha value is -2.06. The van der Waals surface area contributed by atoms with Crippen molar-refractivity contribution in [3.63, 3.8) is 0 Å². The van der Waals surface area contributed by atoms with Crippen LogP contribution in [-0.4, -0.2) is 63.7 Å². The number of nitrogens with one attached hydrogen (secondary N) is 3. The van der Waals surface area contributed by atoms with Gasteiger partial charge in [0.25, 0.3) is 0 Å². The molecule has 28 heavy (non-hydrogen) atoms. The van der Waals surface area contributed by atoms with Crippen molar-refractivity contribution in [3.8, 4) is 0 Å². The van der Waals surface area contributed by atoms with Crippen LogP contribution in [0.25, 0.3) is 10.9 Å². The van der Waals surface area contributed by atoms with Crippen molar-refractivity contribution in [1.29, 1.82) is 0 Å². The first kappa shape index (κ1) is 20.7. The van der Waals surface area contributed by atoms with Gasteiger partial charge in [-0.25, -0.2) is 8.42 Å². The number of aryl methyl sites for hydroxylation is 1. The van der Waals surface area contributed by atoms with E-state index in [2.05, 4.69) is 51.9 Å². The molecule has 0 aliphatic carbocycles. The van der Waals surface area contributed by atoms with Gasteiger partial charge in [-0.3, -0.25) is 4.99 Å². The van der Waals surface area contributed by atoms with Crippen molar-refractivity contribution in [2.75, 3.05) is 39.6 Å². The number of guanidine groups is 1. The van der Waals surface area contributed by atoms with Gasteiger partial charge in [0.15, 0.2) is 15.8 Å². The molecule has 3 N–H and O–H groups in total. The lowest BCUT2D eigenvalue weighted by atomic mass is 9.99. The summed E-state index contributed by atoms with van der Waals surface area (Å²) in [7, 11) is -1.51. The van der Waals surface area contributed by atoms with Crippen LogP contribution in [-0.2, 0) is 21.0 Å². The van der Waals surface area contributed by atoms with Crippen molar-refractivity contribution >= 4 is 26.7 Å². The Kier molecular flexibility index (Phi) is 6.30. The lowest BCUT2D eigenvalue weighted by Crippen LogP contribution is -2.53. The molecule has 3 rings (SSSR count). The summed E-state index contributed by atoms with van der Waals surface area (Å²) in [6.45, 7) is 4.08. The van der Waals surface area contributed by atoms with Crippen LogP contribution in [0.3, 0.4) is 0 Å². The molecule has 154 valence electrons. The predicted octanol–water partition coefficient (Wildman–Crippen LogP) is 1.78. The topological polar surface area (TPSA) is 95.6 Å². The summed E-state index contributed by atoms with van der Waals surface area (Å²) in [4.78, 5) is 7.59.